The van der Waals surface area contributed by atoms with Gasteiger partial charge in [-0.05, 0) is 37.3 Å². The van der Waals surface area contributed by atoms with E-state index in [0.717, 1.165) is 4.31 Å². The van der Waals surface area contributed by atoms with Crippen molar-refractivity contribution in [3.8, 4) is 5.75 Å². The molecule has 1 heterocycles. The van der Waals surface area contributed by atoms with Gasteiger partial charge < -0.3 is 14.6 Å². The fourth-order valence-corrected chi connectivity index (χ4v) is 4.46. The van der Waals surface area contributed by atoms with Gasteiger partial charge in [0.15, 0.2) is 5.82 Å². The van der Waals surface area contributed by atoms with E-state index in [1.807, 2.05) is 0 Å². The first-order valence-corrected chi connectivity index (χ1v) is 10.8. The van der Waals surface area contributed by atoms with Crippen molar-refractivity contribution in [2.75, 3.05) is 23.3 Å². The zero-order chi connectivity index (χ0) is 21.9. The van der Waals surface area contributed by atoms with Gasteiger partial charge in [-0.1, -0.05) is 40.5 Å². The Hall–Kier alpha value is -2.75. The monoisotopic (exact) mass is 469 g/mol. The van der Waals surface area contributed by atoms with Crippen LogP contribution in [0.15, 0.2) is 57.9 Å². The zero-order valence-electron chi connectivity index (χ0n) is 15.9. The predicted molar refractivity (Wildman–Crippen MR) is 114 cm³/mol. The van der Waals surface area contributed by atoms with Crippen molar-refractivity contribution in [3.63, 3.8) is 0 Å². The van der Waals surface area contributed by atoms with E-state index in [-0.39, 0.29) is 32.2 Å². The van der Waals surface area contributed by atoms with E-state index >= 15 is 0 Å². The fourth-order valence-electron chi connectivity index (χ4n) is 2.64. The summed E-state index contributed by atoms with van der Waals surface area (Å²) >= 11 is 11.9. The molecule has 1 amide bonds. The van der Waals surface area contributed by atoms with E-state index in [0.29, 0.717) is 5.76 Å². The number of para-hydroxylation sites is 2. The van der Waals surface area contributed by atoms with Crippen LogP contribution in [0.25, 0.3) is 0 Å². The Morgan fingerprint density at radius 3 is 2.53 bits per heavy atom. The third-order valence-electron chi connectivity index (χ3n) is 4.02. The number of halogens is 2. The molecule has 0 aliphatic rings. The van der Waals surface area contributed by atoms with E-state index in [9.17, 15) is 13.2 Å². The first-order valence-electron chi connectivity index (χ1n) is 8.56. The number of rotatable bonds is 7. The lowest BCUT2D eigenvalue weighted by Gasteiger charge is -2.25. The smallest absolute Gasteiger partial charge is 0.264 e. The van der Waals surface area contributed by atoms with Crippen LogP contribution in [0.1, 0.15) is 5.76 Å². The number of hydrogen-bond acceptors (Lipinski definition) is 6. The molecule has 158 valence electrons. The summed E-state index contributed by atoms with van der Waals surface area (Å²) in [6.45, 7) is 1.12. The average molecular weight is 470 g/mol. The first kappa shape index (κ1) is 21.9. The Kier molecular flexibility index (Phi) is 6.55. The van der Waals surface area contributed by atoms with Crippen LogP contribution in [-0.4, -0.2) is 33.1 Å². The van der Waals surface area contributed by atoms with Crippen LogP contribution in [0, 0.1) is 6.92 Å². The minimum atomic E-state index is -4.20. The van der Waals surface area contributed by atoms with Gasteiger partial charge in [0.05, 0.1) is 27.7 Å². The van der Waals surface area contributed by atoms with E-state index in [4.69, 9.17) is 32.5 Å². The zero-order valence-corrected chi connectivity index (χ0v) is 18.3. The molecule has 0 spiro atoms. The van der Waals surface area contributed by atoms with Gasteiger partial charge in [-0.25, -0.2) is 8.42 Å². The molecule has 3 aromatic rings. The van der Waals surface area contributed by atoms with Crippen LogP contribution in [0.4, 0.5) is 11.5 Å². The number of carbonyl (C=O) groups excluding carboxylic acids is 1. The number of ether oxygens (including phenoxy) is 1. The molecule has 0 aliphatic carbocycles. The van der Waals surface area contributed by atoms with Gasteiger partial charge in [-0.3, -0.25) is 9.10 Å². The Morgan fingerprint density at radius 2 is 1.90 bits per heavy atom. The van der Waals surface area contributed by atoms with E-state index in [1.165, 1.54) is 37.4 Å². The first-order chi connectivity index (χ1) is 14.2. The van der Waals surface area contributed by atoms with Crippen LogP contribution >= 0.6 is 23.2 Å². The SMILES string of the molecule is COc1ccccc1N(CC(=O)Nc1cc(C)on1)S(=O)(=O)c1ccc(Cl)c(Cl)c1. The van der Waals surface area contributed by atoms with Gasteiger partial charge in [0, 0.05) is 6.07 Å². The maximum atomic E-state index is 13.4. The largest absolute Gasteiger partial charge is 0.495 e. The molecule has 2 aromatic carbocycles. The van der Waals surface area contributed by atoms with Gasteiger partial charge >= 0.3 is 0 Å². The van der Waals surface area contributed by atoms with Crippen LogP contribution in [0.2, 0.25) is 10.0 Å². The molecular weight excluding hydrogens is 453 g/mol. The topological polar surface area (TPSA) is 102 Å². The number of anilines is 2. The molecule has 0 radical (unpaired) electrons. The second-order valence-electron chi connectivity index (χ2n) is 6.13. The summed E-state index contributed by atoms with van der Waals surface area (Å²) < 4.78 is 37.9. The number of nitrogens with one attached hydrogen (secondary N) is 1. The standard InChI is InChI=1S/C19H17Cl2N3O5S/c1-12-9-18(23-29-12)22-19(25)11-24(16-5-3-4-6-17(16)28-2)30(26,27)13-7-8-14(20)15(21)10-13/h3-10H,11H2,1-2H3,(H,22,23,25). The van der Waals surface area contributed by atoms with Gasteiger partial charge in [0.2, 0.25) is 5.91 Å². The molecule has 1 N–H and O–H groups in total. The molecule has 3 rings (SSSR count). The van der Waals surface area contributed by atoms with E-state index in [1.54, 1.807) is 25.1 Å². The molecule has 0 saturated carbocycles. The quantitative estimate of drug-likeness (QED) is 0.557. The number of amides is 1. The van der Waals surface area contributed by atoms with Crippen molar-refractivity contribution in [1.82, 2.24) is 5.16 Å². The van der Waals surface area contributed by atoms with Gasteiger partial charge in [-0.2, -0.15) is 0 Å². The van der Waals surface area contributed by atoms with Gasteiger partial charge in [0.1, 0.15) is 18.1 Å². The summed E-state index contributed by atoms with van der Waals surface area (Å²) in [5.74, 6) is 0.309. The highest BCUT2D eigenvalue weighted by atomic mass is 35.5. The maximum absolute atomic E-state index is 13.4. The summed E-state index contributed by atoms with van der Waals surface area (Å²) in [5.41, 5.74) is 0.178. The Morgan fingerprint density at radius 1 is 1.17 bits per heavy atom. The van der Waals surface area contributed by atoms with Crippen molar-refractivity contribution < 1.29 is 22.5 Å². The highest BCUT2D eigenvalue weighted by Gasteiger charge is 2.30. The highest BCUT2D eigenvalue weighted by Crippen LogP contribution is 2.34. The summed E-state index contributed by atoms with van der Waals surface area (Å²) in [6, 6.07) is 11.9. The number of aromatic nitrogens is 1. The van der Waals surface area contributed by atoms with Crippen molar-refractivity contribution in [2.24, 2.45) is 0 Å². The lowest BCUT2D eigenvalue weighted by Crippen LogP contribution is -2.38. The van der Waals surface area contributed by atoms with Gasteiger partial charge in [0.25, 0.3) is 10.0 Å². The normalized spacial score (nSPS) is 11.2. The Balaban J connectivity index is 2.02. The third-order valence-corrected chi connectivity index (χ3v) is 6.51. The Labute approximate surface area is 183 Å². The van der Waals surface area contributed by atoms with Crippen LogP contribution in [-0.2, 0) is 14.8 Å². The number of benzene rings is 2. The molecule has 1 aromatic heterocycles. The molecule has 0 saturated heterocycles. The number of sulfonamides is 1. The van der Waals surface area contributed by atoms with Crippen molar-refractivity contribution >= 4 is 50.6 Å². The molecular formula is C19H17Cl2N3O5S. The van der Waals surface area contributed by atoms with Gasteiger partial charge in [-0.15, -0.1) is 0 Å². The highest BCUT2D eigenvalue weighted by molar-refractivity contribution is 7.92. The third kappa shape index (κ3) is 4.69. The molecule has 0 aliphatic heterocycles. The molecule has 8 nitrogen and oxygen atoms in total. The molecule has 0 bridgehead atoms. The minimum Gasteiger partial charge on any atom is -0.495 e. The van der Waals surface area contributed by atoms with Crippen molar-refractivity contribution in [1.29, 1.82) is 0 Å². The predicted octanol–water partition coefficient (Wildman–Crippen LogP) is 4.13. The van der Waals surface area contributed by atoms with Crippen molar-refractivity contribution in [2.45, 2.75) is 11.8 Å². The number of methoxy groups -OCH3 is 1. The second kappa shape index (κ2) is 8.95. The summed E-state index contributed by atoms with van der Waals surface area (Å²) in [4.78, 5) is 12.5. The van der Waals surface area contributed by atoms with Crippen molar-refractivity contribution in [3.05, 3.63) is 64.3 Å². The fraction of sp³-hybridized carbons (Fsp3) is 0.158. The average Bonchev–Trinajstić information content (AvgIpc) is 3.12. The minimum absolute atomic E-state index is 0.0697. The van der Waals surface area contributed by atoms with Crippen LogP contribution in [0.3, 0.4) is 0 Å². The lowest BCUT2D eigenvalue weighted by molar-refractivity contribution is -0.114. The van der Waals surface area contributed by atoms with E-state index < -0.39 is 22.5 Å². The molecule has 0 fully saturated rings. The molecule has 30 heavy (non-hydrogen) atoms. The van der Waals surface area contributed by atoms with E-state index in [2.05, 4.69) is 10.5 Å². The lowest BCUT2D eigenvalue weighted by atomic mass is 10.3. The summed E-state index contributed by atoms with van der Waals surface area (Å²) in [6.07, 6.45) is 0. The maximum Gasteiger partial charge on any atom is 0.264 e. The number of hydrogen-bond donors (Lipinski definition) is 1. The summed E-state index contributed by atoms with van der Waals surface area (Å²) in [5, 5.41) is 6.46. The number of aryl methyl sites for hydroxylation is 1. The number of nitrogens with zero attached hydrogens (tertiary/aromatic N) is 2. The van der Waals surface area contributed by atoms with Crippen LogP contribution < -0.4 is 14.4 Å². The molecule has 11 heteroatoms. The van der Waals surface area contributed by atoms with Crippen LogP contribution in [0.5, 0.6) is 5.75 Å². The molecule has 0 unspecified atom stereocenters. The second-order valence-corrected chi connectivity index (χ2v) is 8.81. The molecule has 0 atom stereocenters. The number of carbonyl (C=O) groups is 1. The summed E-state index contributed by atoms with van der Waals surface area (Å²) in [7, 11) is -2.80. The Bertz CT molecular complexity index is 1180.